The van der Waals surface area contributed by atoms with Crippen molar-refractivity contribution in [1.82, 2.24) is 0 Å². The van der Waals surface area contributed by atoms with E-state index in [0.29, 0.717) is 6.54 Å². The Morgan fingerprint density at radius 2 is 1.87 bits per heavy atom. The molecule has 0 aromatic heterocycles. The SMILES string of the molecule is CC(C)(C)Oc1ccc(CN=[N+]=[N-])cc1. The zero-order valence-corrected chi connectivity index (χ0v) is 9.27. The summed E-state index contributed by atoms with van der Waals surface area (Å²) in [6, 6.07) is 7.56. The van der Waals surface area contributed by atoms with Gasteiger partial charge in [0.2, 0.25) is 0 Å². The normalized spacial score (nSPS) is 10.6. The molecule has 0 radical (unpaired) electrons. The number of benzene rings is 1. The van der Waals surface area contributed by atoms with E-state index in [2.05, 4.69) is 10.0 Å². The summed E-state index contributed by atoms with van der Waals surface area (Å²) in [5.41, 5.74) is 8.96. The monoisotopic (exact) mass is 205 g/mol. The maximum Gasteiger partial charge on any atom is 0.120 e. The molecule has 0 aliphatic carbocycles. The molecule has 0 heterocycles. The van der Waals surface area contributed by atoms with Crippen LogP contribution in [0.25, 0.3) is 10.4 Å². The van der Waals surface area contributed by atoms with Gasteiger partial charge in [-0.15, -0.1) is 0 Å². The van der Waals surface area contributed by atoms with E-state index in [4.69, 9.17) is 10.3 Å². The molecule has 1 aromatic rings. The highest BCUT2D eigenvalue weighted by Gasteiger charge is 2.10. The van der Waals surface area contributed by atoms with Crippen molar-refractivity contribution in [1.29, 1.82) is 0 Å². The summed E-state index contributed by atoms with van der Waals surface area (Å²) in [7, 11) is 0. The second-order valence-corrected chi connectivity index (χ2v) is 4.25. The zero-order chi connectivity index (χ0) is 11.3. The molecule has 4 heteroatoms. The molecule has 4 nitrogen and oxygen atoms in total. The molecule has 1 rings (SSSR count). The lowest BCUT2D eigenvalue weighted by Crippen LogP contribution is -2.22. The van der Waals surface area contributed by atoms with Gasteiger partial charge in [-0.05, 0) is 44.0 Å². The summed E-state index contributed by atoms with van der Waals surface area (Å²) in [5, 5.41) is 3.49. The van der Waals surface area contributed by atoms with Crippen molar-refractivity contribution in [2.45, 2.75) is 32.9 Å². The highest BCUT2D eigenvalue weighted by atomic mass is 16.5. The van der Waals surface area contributed by atoms with Gasteiger partial charge in [0.1, 0.15) is 11.4 Å². The molecule has 0 N–H and O–H groups in total. The van der Waals surface area contributed by atoms with Gasteiger partial charge in [-0.2, -0.15) is 0 Å². The maximum atomic E-state index is 8.17. The third-order valence-corrected chi connectivity index (χ3v) is 1.66. The summed E-state index contributed by atoms with van der Waals surface area (Å²) in [4.78, 5) is 2.71. The van der Waals surface area contributed by atoms with Crippen LogP contribution in [-0.2, 0) is 6.54 Å². The fourth-order valence-corrected chi connectivity index (χ4v) is 1.13. The van der Waals surface area contributed by atoms with Gasteiger partial charge < -0.3 is 4.74 Å². The smallest absolute Gasteiger partial charge is 0.120 e. The molecule has 0 aliphatic rings. The second kappa shape index (κ2) is 4.71. The number of ether oxygens (including phenoxy) is 1. The predicted molar refractivity (Wildman–Crippen MR) is 59.7 cm³/mol. The standard InChI is InChI=1S/C11H15N3O/c1-11(2,3)15-10-6-4-9(5-7-10)8-13-14-12/h4-7H,8H2,1-3H3. The summed E-state index contributed by atoms with van der Waals surface area (Å²) < 4.78 is 5.66. The lowest BCUT2D eigenvalue weighted by atomic mass is 10.2. The molecule has 1 aromatic carbocycles. The van der Waals surface area contributed by atoms with Crippen molar-refractivity contribution < 1.29 is 4.74 Å². The average Bonchev–Trinajstić information content (AvgIpc) is 2.14. The van der Waals surface area contributed by atoms with E-state index in [-0.39, 0.29) is 5.60 Å². The molecule has 0 saturated heterocycles. The Hall–Kier alpha value is -1.67. The van der Waals surface area contributed by atoms with Crippen LogP contribution in [0.5, 0.6) is 5.75 Å². The molecule has 0 aliphatic heterocycles. The Balaban J connectivity index is 2.68. The van der Waals surface area contributed by atoms with E-state index in [0.717, 1.165) is 11.3 Å². The van der Waals surface area contributed by atoms with E-state index in [1.165, 1.54) is 0 Å². The zero-order valence-electron chi connectivity index (χ0n) is 9.27. The van der Waals surface area contributed by atoms with Crippen molar-refractivity contribution in [3.63, 3.8) is 0 Å². The van der Waals surface area contributed by atoms with Crippen LogP contribution < -0.4 is 4.74 Å². The van der Waals surface area contributed by atoms with Gasteiger partial charge in [0, 0.05) is 4.91 Å². The first-order chi connectivity index (χ1) is 7.01. The van der Waals surface area contributed by atoms with Crippen LogP contribution in [0.3, 0.4) is 0 Å². The van der Waals surface area contributed by atoms with Crippen LogP contribution in [0.1, 0.15) is 26.3 Å². The van der Waals surface area contributed by atoms with Gasteiger partial charge in [0.25, 0.3) is 0 Å². The van der Waals surface area contributed by atoms with Crippen molar-refractivity contribution in [2.24, 2.45) is 5.11 Å². The summed E-state index contributed by atoms with van der Waals surface area (Å²) in [6.07, 6.45) is 0. The largest absolute Gasteiger partial charge is 0.488 e. The van der Waals surface area contributed by atoms with Gasteiger partial charge >= 0.3 is 0 Å². The number of nitrogens with zero attached hydrogens (tertiary/aromatic N) is 3. The van der Waals surface area contributed by atoms with Crippen LogP contribution >= 0.6 is 0 Å². The first kappa shape index (κ1) is 11.4. The molecule has 0 atom stereocenters. The third kappa shape index (κ3) is 4.38. The Kier molecular flexibility index (Phi) is 3.58. The van der Waals surface area contributed by atoms with Gasteiger partial charge in [0.15, 0.2) is 0 Å². The predicted octanol–water partition coefficient (Wildman–Crippen LogP) is 3.67. The van der Waals surface area contributed by atoms with Crippen LogP contribution in [0.2, 0.25) is 0 Å². The Morgan fingerprint density at radius 3 is 2.33 bits per heavy atom. The fourth-order valence-electron chi connectivity index (χ4n) is 1.13. The summed E-state index contributed by atoms with van der Waals surface area (Å²) >= 11 is 0. The van der Waals surface area contributed by atoms with Crippen LogP contribution in [-0.4, -0.2) is 5.60 Å². The van der Waals surface area contributed by atoms with Crippen molar-refractivity contribution in [2.75, 3.05) is 0 Å². The van der Waals surface area contributed by atoms with Gasteiger partial charge in [-0.1, -0.05) is 17.2 Å². The van der Waals surface area contributed by atoms with E-state index < -0.39 is 0 Å². The molecule has 0 spiro atoms. The van der Waals surface area contributed by atoms with E-state index in [9.17, 15) is 0 Å². The van der Waals surface area contributed by atoms with Gasteiger partial charge in [-0.25, -0.2) is 0 Å². The van der Waals surface area contributed by atoms with Gasteiger partial charge in [0.05, 0.1) is 6.54 Å². The van der Waals surface area contributed by atoms with Crippen molar-refractivity contribution in [3.8, 4) is 5.75 Å². The minimum atomic E-state index is -0.188. The number of hydrogen-bond donors (Lipinski definition) is 0. The van der Waals surface area contributed by atoms with Gasteiger partial charge in [-0.3, -0.25) is 0 Å². The molecule has 15 heavy (non-hydrogen) atoms. The summed E-state index contributed by atoms with van der Waals surface area (Å²) in [6.45, 7) is 6.38. The molecule has 0 amide bonds. The molecule has 0 saturated carbocycles. The van der Waals surface area contributed by atoms with Crippen molar-refractivity contribution >= 4 is 0 Å². The molecule has 0 bridgehead atoms. The molecular weight excluding hydrogens is 190 g/mol. The van der Waals surface area contributed by atoms with Crippen molar-refractivity contribution in [3.05, 3.63) is 40.3 Å². The highest BCUT2D eigenvalue weighted by molar-refractivity contribution is 5.27. The first-order valence-corrected chi connectivity index (χ1v) is 4.80. The Labute approximate surface area is 89.5 Å². The van der Waals surface area contributed by atoms with E-state index >= 15 is 0 Å². The van der Waals surface area contributed by atoms with Crippen LogP contribution in [0, 0.1) is 0 Å². The molecule has 80 valence electrons. The van der Waals surface area contributed by atoms with E-state index in [1.807, 2.05) is 45.0 Å². The lowest BCUT2D eigenvalue weighted by molar-refractivity contribution is 0.131. The topological polar surface area (TPSA) is 58.0 Å². The average molecular weight is 205 g/mol. The Bertz CT molecular complexity index is 358. The Morgan fingerprint density at radius 1 is 1.27 bits per heavy atom. The maximum absolute atomic E-state index is 8.17. The van der Waals surface area contributed by atoms with Crippen LogP contribution in [0.4, 0.5) is 0 Å². The second-order valence-electron chi connectivity index (χ2n) is 4.25. The quantitative estimate of drug-likeness (QED) is 0.422. The van der Waals surface area contributed by atoms with Crippen LogP contribution in [0.15, 0.2) is 29.4 Å². The first-order valence-electron chi connectivity index (χ1n) is 4.80. The molecule has 0 fully saturated rings. The minimum Gasteiger partial charge on any atom is -0.488 e. The fraction of sp³-hybridized carbons (Fsp3) is 0.455. The molecule has 0 unspecified atom stereocenters. The number of azide groups is 1. The highest BCUT2D eigenvalue weighted by Crippen LogP contribution is 2.18. The third-order valence-electron chi connectivity index (χ3n) is 1.66. The lowest BCUT2D eigenvalue weighted by Gasteiger charge is -2.21. The van der Waals surface area contributed by atoms with E-state index in [1.54, 1.807) is 0 Å². The summed E-state index contributed by atoms with van der Waals surface area (Å²) in [5.74, 6) is 0.826. The number of rotatable bonds is 3. The minimum absolute atomic E-state index is 0.188. The molecular formula is C11H15N3O. The number of hydrogen-bond acceptors (Lipinski definition) is 2.